The van der Waals surface area contributed by atoms with Crippen LogP contribution in [0.3, 0.4) is 0 Å². The number of benzene rings is 1. The van der Waals surface area contributed by atoms with Crippen molar-refractivity contribution in [2.24, 2.45) is 0 Å². The minimum Gasteiger partial charge on any atom is -0.295 e. The Morgan fingerprint density at radius 3 is 2.87 bits per heavy atom. The largest absolute Gasteiger partial charge is 0.295 e. The summed E-state index contributed by atoms with van der Waals surface area (Å²) in [5, 5.41) is 8.81. The highest BCUT2D eigenvalue weighted by Gasteiger charge is 2.18. The van der Waals surface area contributed by atoms with E-state index < -0.39 is 0 Å². The number of rotatable bonds is 3. The van der Waals surface area contributed by atoms with Crippen LogP contribution < -0.4 is 0 Å². The number of hydrogen-bond acceptors (Lipinski definition) is 2. The topological polar surface area (TPSA) is 27.0 Å². The number of fused-ring (bicyclic) bond motifs is 1. The summed E-state index contributed by atoms with van der Waals surface area (Å²) < 4.78 is 0. The van der Waals surface area contributed by atoms with Crippen molar-refractivity contribution in [3.63, 3.8) is 0 Å². The lowest BCUT2D eigenvalue weighted by molar-refractivity contribution is 0.279. The third kappa shape index (κ3) is 2.19. The van der Waals surface area contributed by atoms with E-state index in [0.717, 1.165) is 18.7 Å². The Morgan fingerprint density at radius 2 is 2.13 bits per heavy atom. The maximum atomic E-state index is 8.81. The number of hydrogen-bond donors (Lipinski definition) is 0. The second kappa shape index (κ2) is 4.46. The van der Waals surface area contributed by atoms with Gasteiger partial charge in [-0.25, -0.2) is 0 Å². The van der Waals surface area contributed by atoms with Gasteiger partial charge in [-0.15, -0.1) is 0 Å². The highest BCUT2D eigenvalue weighted by Crippen LogP contribution is 2.23. The zero-order valence-electron chi connectivity index (χ0n) is 9.16. The summed E-state index contributed by atoms with van der Waals surface area (Å²) in [6.07, 6.45) is 2.51. The van der Waals surface area contributed by atoms with Gasteiger partial charge in [-0.1, -0.05) is 19.4 Å². The van der Waals surface area contributed by atoms with Gasteiger partial charge in [-0.3, -0.25) is 4.90 Å². The summed E-state index contributed by atoms with van der Waals surface area (Å²) >= 11 is 0. The van der Waals surface area contributed by atoms with E-state index in [9.17, 15) is 0 Å². The molecule has 2 heteroatoms. The molecule has 2 nitrogen and oxygen atoms in total. The Balaban J connectivity index is 2.07. The first kappa shape index (κ1) is 10.2. The predicted octanol–water partition coefficient (Wildman–Crippen LogP) is 2.67. The molecule has 1 heterocycles. The molecular formula is C13H16N2. The summed E-state index contributed by atoms with van der Waals surface area (Å²) in [5.41, 5.74) is 3.52. The molecule has 1 aromatic rings. The zero-order valence-corrected chi connectivity index (χ0v) is 9.16. The molecule has 78 valence electrons. The SMILES string of the molecule is CCCCN1Cc2ccc(C#N)cc2C1. The van der Waals surface area contributed by atoms with E-state index in [4.69, 9.17) is 5.26 Å². The van der Waals surface area contributed by atoms with Gasteiger partial charge in [0.25, 0.3) is 0 Å². The first-order chi connectivity index (χ1) is 7.33. The van der Waals surface area contributed by atoms with Crippen molar-refractivity contribution in [3.8, 4) is 6.07 Å². The van der Waals surface area contributed by atoms with Crippen LogP contribution in [0.15, 0.2) is 18.2 Å². The molecule has 0 amide bonds. The monoisotopic (exact) mass is 200 g/mol. The van der Waals surface area contributed by atoms with Crippen molar-refractivity contribution in [2.75, 3.05) is 6.54 Å². The Bertz CT molecular complexity index is 390. The molecule has 0 saturated carbocycles. The van der Waals surface area contributed by atoms with Gasteiger partial charge < -0.3 is 0 Å². The van der Waals surface area contributed by atoms with E-state index in [1.807, 2.05) is 12.1 Å². The molecule has 0 saturated heterocycles. The van der Waals surface area contributed by atoms with Crippen molar-refractivity contribution in [1.82, 2.24) is 4.90 Å². The molecule has 15 heavy (non-hydrogen) atoms. The van der Waals surface area contributed by atoms with Gasteiger partial charge in [0.15, 0.2) is 0 Å². The average Bonchev–Trinajstić information content (AvgIpc) is 2.67. The van der Waals surface area contributed by atoms with Gasteiger partial charge in [-0.2, -0.15) is 5.26 Å². The van der Waals surface area contributed by atoms with Gasteiger partial charge in [0.2, 0.25) is 0 Å². The Kier molecular flexibility index (Phi) is 3.03. The molecule has 2 rings (SSSR count). The van der Waals surface area contributed by atoms with Crippen molar-refractivity contribution < 1.29 is 0 Å². The molecule has 0 unspecified atom stereocenters. The Morgan fingerprint density at radius 1 is 1.33 bits per heavy atom. The fourth-order valence-electron chi connectivity index (χ4n) is 2.07. The maximum absolute atomic E-state index is 8.81. The van der Waals surface area contributed by atoms with Gasteiger partial charge in [-0.05, 0) is 36.2 Å². The molecule has 0 bridgehead atoms. The average molecular weight is 200 g/mol. The molecule has 0 fully saturated rings. The molecule has 0 radical (unpaired) electrons. The van der Waals surface area contributed by atoms with Crippen molar-refractivity contribution in [2.45, 2.75) is 32.9 Å². The Labute approximate surface area is 91.1 Å². The molecule has 0 atom stereocenters. The summed E-state index contributed by atoms with van der Waals surface area (Å²) in [4.78, 5) is 2.45. The van der Waals surface area contributed by atoms with Crippen LogP contribution in [0, 0.1) is 11.3 Å². The van der Waals surface area contributed by atoms with Gasteiger partial charge >= 0.3 is 0 Å². The first-order valence-electron chi connectivity index (χ1n) is 5.57. The quantitative estimate of drug-likeness (QED) is 0.750. The smallest absolute Gasteiger partial charge is 0.0991 e. The summed E-state index contributed by atoms with van der Waals surface area (Å²) in [5.74, 6) is 0. The minimum atomic E-state index is 0.783. The minimum absolute atomic E-state index is 0.783. The highest BCUT2D eigenvalue weighted by atomic mass is 15.1. The summed E-state index contributed by atoms with van der Waals surface area (Å²) in [6, 6.07) is 8.24. The van der Waals surface area contributed by atoms with E-state index in [-0.39, 0.29) is 0 Å². The van der Waals surface area contributed by atoms with Crippen LogP contribution in [0.4, 0.5) is 0 Å². The van der Waals surface area contributed by atoms with E-state index in [2.05, 4.69) is 24.0 Å². The van der Waals surface area contributed by atoms with Crippen LogP contribution >= 0.6 is 0 Å². The van der Waals surface area contributed by atoms with Gasteiger partial charge in [0.05, 0.1) is 11.6 Å². The summed E-state index contributed by atoms with van der Waals surface area (Å²) in [7, 11) is 0. The molecule has 0 spiro atoms. The highest BCUT2D eigenvalue weighted by molar-refractivity contribution is 5.39. The molecule has 0 aliphatic carbocycles. The zero-order chi connectivity index (χ0) is 10.7. The van der Waals surface area contributed by atoms with E-state index in [1.165, 1.54) is 30.5 Å². The molecule has 0 N–H and O–H groups in total. The van der Waals surface area contributed by atoms with Crippen LogP contribution in [0.2, 0.25) is 0 Å². The molecule has 0 aromatic heterocycles. The van der Waals surface area contributed by atoms with Crippen molar-refractivity contribution >= 4 is 0 Å². The van der Waals surface area contributed by atoms with E-state index in [0.29, 0.717) is 0 Å². The molecular weight excluding hydrogens is 184 g/mol. The van der Waals surface area contributed by atoms with Gasteiger partial charge in [0.1, 0.15) is 0 Å². The predicted molar refractivity (Wildman–Crippen MR) is 60.2 cm³/mol. The second-order valence-electron chi connectivity index (χ2n) is 4.16. The normalized spacial score (nSPS) is 14.9. The van der Waals surface area contributed by atoms with Crippen LogP contribution in [0.1, 0.15) is 36.5 Å². The molecule has 1 aliphatic heterocycles. The summed E-state index contributed by atoms with van der Waals surface area (Å²) in [6.45, 7) is 5.47. The van der Waals surface area contributed by atoms with Crippen LogP contribution in [0.25, 0.3) is 0 Å². The van der Waals surface area contributed by atoms with Crippen molar-refractivity contribution in [1.29, 1.82) is 5.26 Å². The lowest BCUT2D eigenvalue weighted by Crippen LogP contribution is -2.17. The molecule has 1 aliphatic rings. The lowest BCUT2D eigenvalue weighted by atomic mass is 10.1. The van der Waals surface area contributed by atoms with Crippen LogP contribution in [0.5, 0.6) is 0 Å². The first-order valence-corrected chi connectivity index (χ1v) is 5.57. The third-order valence-electron chi connectivity index (χ3n) is 2.95. The standard InChI is InChI=1S/C13H16N2/c1-2-3-6-15-9-12-5-4-11(8-14)7-13(12)10-15/h4-5,7H,2-3,6,9-10H2,1H3. The number of nitriles is 1. The van der Waals surface area contributed by atoms with Crippen LogP contribution in [-0.4, -0.2) is 11.4 Å². The van der Waals surface area contributed by atoms with E-state index >= 15 is 0 Å². The lowest BCUT2D eigenvalue weighted by Gasteiger charge is -2.13. The van der Waals surface area contributed by atoms with Crippen molar-refractivity contribution in [3.05, 3.63) is 34.9 Å². The fourth-order valence-corrected chi connectivity index (χ4v) is 2.07. The van der Waals surface area contributed by atoms with E-state index in [1.54, 1.807) is 0 Å². The molecule has 1 aromatic carbocycles. The van der Waals surface area contributed by atoms with Gasteiger partial charge in [0, 0.05) is 13.1 Å². The van der Waals surface area contributed by atoms with Crippen LogP contribution in [-0.2, 0) is 13.1 Å². The Hall–Kier alpha value is -1.33. The number of unbranched alkanes of at least 4 members (excludes halogenated alkanes) is 1. The number of nitrogens with zero attached hydrogens (tertiary/aromatic N) is 2. The third-order valence-corrected chi connectivity index (χ3v) is 2.95. The fraction of sp³-hybridized carbons (Fsp3) is 0.462. The maximum Gasteiger partial charge on any atom is 0.0991 e. The second-order valence-corrected chi connectivity index (χ2v) is 4.16.